The van der Waals surface area contributed by atoms with Crippen molar-refractivity contribution >= 4 is 17.7 Å². The van der Waals surface area contributed by atoms with E-state index in [1.165, 1.54) is 6.08 Å². The van der Waals surface area contributed by atoms with Crippen LogP contribution in [-0.4, -0.2) is 11.0 Å². The van der Waals surface area contributed by atoms with E-state index in [1.807, 2.05) is 25.1 Å². The summed E-state index contributed by atoms with van der Waals surface area (Å²) in [5.41, 5.74) is 3.84. The van der Waals surface area contributed by atoms with E-state index < -0.39 is 5.91 Å². The molecule has 116 valence electrons. The molecule has 0 saturated heterocycles. The molecule has 2 rings (SSSR count). The summed E-state index contributed by atoms with van der Waals surface area (Å²) in [5.74, 6) is -0.232. The molecule has 0 spiro atoms. The standard InChI is InChI=1S/C19H18N2O2/c1-12-4-6-17(7-5-12)21-19(23)16(11-20)10-15-8-13(2)18(22)14(3)9-15/h4-10,22H,1-3H3,(H,21,23)/b16-10+. The van der Waals surface area contributed by atoms with Gasteiger partial charge in [-0.15, -0.1) is 0 Å². The quantitative estimate of drug-likeness (QED) is 0.668. The first-order valence-corrected chi connectivity index (χ1v) is 7.20. The average Bonchev–Trinajstić information content (AvgIpc) is 2.52. The largest absolute Gasteiger partial charge is 0.507 e. The second-order valence-electron chi connectivity index (χ2n) is 5.49. The van der Waals surface area contributed by atoms with Crippen molar-refractivity contribution in [2.45, 2.75) is 20.8 Å². The Kier molecular flexibility index (Phi) is 4.82. The van der Waals surface area contributed by atoms with Crippen molar-refractivity contribution in [1.82, 2.24) is 0 Å². The minimum absolute atomic E-state index is 0.00932. The number of phenols is 1. The van der Waals surface area contributed by atoms with Gasteiger partial charge >= 0.3 is 0 Å². The van der Waals surface area contributed by atoms with Gasteiger partial charge in [0, 0.05) is 5.69 Å². The molecule has 0 aromatic heterocycles. The van der Waals surface area contributed by atoms with E-state index in [0.717, 1.165) is 5.56 Å². The lowest BCUT2D eigenvalue weighted by atomic mass is 10.0. The van der Waals surface area contributed by atoms with Crippen LogP contribution in [0.3, 0.4) is 0 Å². The topological polar surface area (TPSA) is 73.1 Å². The molecule has 4 nitrogen and oxygen atoms in total. The molecule has 2 aromatic carbocycles. The van der Waals surface area contributed by atoms with Gasteiger partial charge in [0.1, 0.15) is 17.4 Å². The molecule has 0 heterocycles. The van der Waals surface area contributed by atoms with Gasteiger partial charge in [-0.3, -0.25) is 4.79 Å². The smallest absolute Gasteiger partial charge is 0.266 e. The van der Waals surface area contributed by atoms with E-state index in [4.69, 9.17) is 0 Å². The zero-order valence-electron chi connectivity index (χ0n) is 13.3. The Bertz CT molecular complexity index is 789. The van der Waals surface area contributed by atoms with E-state index in [2.05, 4.69) is 5.32 Å². The predicted molar refractivity (Wildman–Crippen MR) is 91.0 cm³/mol. The van der Waals surface area contributed by atoms with Gasteiger partial charge < -0.3 is 10.4 Å². The summed E-state index contributed by atoms with van der Waals surface area (Å²) in [5, 5.41) is 21.7. The van der Waals surface area contributed by atoms with Gasteiger partial charge in [0.2, 0.25) is 0 Å². The summed E-state index contributed by atoms with van der Waals surface area (Å²) in [6.07, 6.45) is 1.52. The minimum Gasteiger partial charge on any atom is -0.507 e. The fraction of sp³-hybridized carbons (Fsp3) is 0.158. The first-order chi connectivity index (χ1) is 10.9. The number of amides is 1. The van der Waals surface area contributed by atoms with Crippen molar-refractivity contribution in [3.05, 3.63) is 64.2 Å². The van der Waals surface area contributed by atoms with E-state index in [1.54, 1.807) is 38.1 Å². The highest BCUT2D eigenvalue weighted by Gasteiger charge is 2.10. The summed E-state index contributed by atoms with van der Waals surface area (Å²) >= 11 is 0. The third kappa shape index (κ3) is 3.98. The highest BCUT2D eigenvalue weighted by molar-refractivity contribution is 6.09. The number of nitrogens with zero attached hydrogens (tertiary/aromatic N) is 1. The number of carbonyl (C=O) groups is 1. The fourth-order valence-corrected chi connectivity index (χ4v) is 2.22. The number of carbonyl (C=O) groups excluding carboxylic acids is 1. The Morgan fingerprint density at radius 3 is 2.22 bits per heavy atom. The molecular formula is C19H18N2O2. The fourth-order valence-electron chi connectivity index (χ4n) is 2.22. The molecule has 0 atom stereocenters. The van der Waals surface area contributed by atoms with Crippen LogP contribution in [0.15, 0.2) is 42.0 Å². The number of phenolic OH excluding ortho intramolecular Hbond substituents is 1. The van der Waals surface area contributed by atoms with Crippen molar-refractivity contribution in [1.29, 1.82) is 5.26 Å². The Morgan fingerprint density at radius 2 is 1.70 bits per heavy atom. The van der Waals surface area contributed by atoms with E-state index in [9.17, 15) is 15.2 Å². The zero-order valence-corrected chi connectivity index (χ0v) is 13.3. The lowest BCUT2D eigenvalue weighted by Gasteiger charge is -2.07. The van der Waals surface area contributed by atoms with E-state index >= 15 is 0 Å². The number of aryl methyl sites for hydroxylation is 3. The van der Waals surface area contributed by atoms with Gasteiger partial charge in [-0.2, -0.15) is 5.26 Å². The normalized spacial score (nSPS) is 11.0. The van der Waals surface area contributed by atoms with Crippen molar-refractivity contribution in [2.24, 2.45) is 0 Å². The molecule has 0 radical (unpaired) electrons. The second-order valence-corrected chi connectivity index (χ2v) is 5.49. The Hall–Kier alpha value is -3.06. The molecule has 0 aliphatic rings. The van der Waals surface area contributed by atoms with Crippen LogP contribution in [0.2, 0.25) is 0 Å². The summed E-state index contributed by atoms with van der Waals surface area (Å²) < 4.78 is 0. The summed E-state index contributed by atoms with van der Waals surface area (Å²) in [6, 6.07) is 12.7. The zero-order chi connectivity index (χ0) is 17.0. The van der Waals surface area contributed by atoms with Crippen molar-refractivity contribution < 1.29 is 9.90 Å². The number of aromatic hydroxyl groups is 1. The summed E-state index contributed by atoms with van der Waals surface area (Å²) in [4.78, 5) is 12.2. The first kappa shape index (κ1) is 16.3. The van der Waals surface area contributed by atoms with Crippen LogP contribution in [0, 0.1) is 32.1 Å². The molecule has 0 aliphatic heterocycles. The highest BCUT2D eigenvalue weighted by atomic mass is 16.3. The molecule has 23 heavy (non-hydrogen) atoms. The number of nitriles is 1. The number of hydrogen-bond acceptors (Lipinski definition) is 3. The Balaban J connectivity index is 2.26. The average molecular weight is 306 g/mol. The summed E-state index contributed by atoms with van der Waals surface area (Å²) in [7, 11) is 0. The maximum Gasteiger partial charge on any atom is 0.266 e. The molecule has 2 N–H and O–H groups in total. The molecule has 1 amide bonds. The van der Waals surface area contributed by atoms with Gasteiger partial charge in [-0.05, 0) is 67.8 Å². The third-order valence-corrected chi connectivity index (χ3v) is 3.50. The molecule has 0 bridgehead atoms. The number of hydrogen-bond donors (Lipinski definition) is 2. The lowest BCUT2D eigenvalue weighted by Crippen LogP contribution is -2.13. The van der Waals surface area contributed by atoms with Crippen LogP contribution < -0.4 is 5.32 Å². The van der Waals surface area contributed by atoms with Crippen LogP contribution in [-0.2, 0) is 4.79 Å². The first-order valence-electron chi connectivity index (χ1n) is 7.20. The molecule has 0 aliphatic carbocycles. The van der Waals surface area contributed by atoms with Gasteiger partial charge in [0.15, 0.2) is 0 Å². The SMILES string of the molecule is Cc1ccc(NC(=O)/C(C#N)=C/c2cc(C)c(O)c(C)c2)cc1. The van der Waals surface area contributed by atoms with E-state index in [0.29, 0.717) is 22.4 Å². The van der Waals surface area contributed by atoms with Gasteiger partial charge in [-0.1, -0.05) is 17.7 Å². The van der Waals surface area contributed by atoms with Gasteiger partial charge in [-0.25, -0.2) is 0 Å². The van der Waals surface area contributed by atoms with Crippen molar-refractivity contribution in [2.75, 3.05) is 5.32 Å². The number of nitrogens with one attached hydrogen (secondary N) is 1. The van der Waals surface area contributed by atoms with Crippen LogP contribution >= 0.6 is 0 Å². The van der Waals surface area contributed by atoms with Gasteiger partial charge in [0.25, 0.3) is 5.91 Å². The van der Waals surface area contributed by atoms with Crippen LogP contribution in [0.1, 0.15) is 22.3 Å². The van der Waals surface area contributed by atoms with E-state index in [-0.39, 0.29) is 11.3 Å². The molecule has 0 saturated carbocycles. The maximum atomic E-state index is 12.2. The van der Waals surface area contributed by atoms with Crippen molar-refractivity contribution in [3.63, 3.8) is 0 Å². The maximum absolute atomic E-state index is 12.2. The number of rotatable bonds is 3. The minimum atomic E-state index is -0.459. The second kappa shape index (κ2) is 6.80. The third-order valence-electron chi connectivity index (χ3n) is 3.50. The molecule has 0 fully saturated rings. The lowest BCUT2D eigenvalue weighted by molar-refractivity contribution is -0.112. The predicted octanol–water partition coefficient (Wildman–Crippen LogP) is 3.86. The Morgan fingerprint density at radius 1 is 1.13 bits per heavy atom. The van der Waals surface area contributed by atoms with Crippen LogP contribution in [0.4, 0.5) is 5.69 Å². The molecule has 2 aromatic rings. The Labute approximate surface area is 135 Å². The summed E-state index contributed by atoms with van der Waals surface area (Å²) in [6.45, 7) is 5.51. The monoisotopic (exact) mass is 306 g/mol. The van der Waals surface area contributed by atoms with Crippen LogP contribution in [0.5, 0.6) is 5.75 Å². The molecular weight excluding hydrogens is 288 g/mol. The number of benzene rings is 2. The highest BCUT2D eigenvalue weighted by Crippen LogP contribution is 2.24. The number of anilines is 1. The molecule has 4 heteroatoms. The van der Waals surface area contributed by atoms with Gasteiger partial charge in [0.05, 0.1) is 0 Å². The van der Waals surface area contributed by atoms with Crippen molar-refractivity contribution in [3.8, 4) is 11.8 Å². The molecule has 0 unspecified atom stereocenters. The van der Waals surface area contributed by atoms with Crippen LogP contribution in [0.25, 0.3) is 6.08 Å².